The van der Waals surface area contributed by atoms with Gasteiger partial charge < -0.3 is 21.7 Å². The van der Waals surface area contributed by atoms with Gasteiger partial charge in [-0.3, -0.25) is 0 Å². The summed E-state index contributed by atoms with van der Waals surface area (Å²) in [4.78, 5) is 0. The maximum atomic E-state index is 5.50. The SMILES string of the molecule is CCCCCOCc1c[c-]ccc1.[Br-].[Mg+2]. The zero-order valence-electron chi connectivity index (χ0n) is 9.34. The van der Waals surface area contributed by atoms with E-state index in [0.717, 1.165) is 13.2 Å². The monoisotopic (exact) mass is 280 g/mol. The summed E-state index contributed by atoms with van der Waals surface area (Å²) >= 11 is 0. The molecule has 0 aromatic heterocycles. The van der Waals surface area contributed by atoms with Gasteiger partial charge >= 0.3 is 23.1 Å². The number of halogens is 1. The smallest absolute Gasteiger partial charge is 1.00 e. The first-order valence-corrected chi connectivity index (χ1v) is 4.96. The van der Waals surface area contributed by atoms with E-state index in [1.807, 2.05) is 18.2 Å². The molecule has 1 rings (SSSR count). The summed E-state index contributed by atoms with van der Waals surface area (Å²) in [6.45, 7) is 3.80. The molecular formula is C12H17BrMgO. The second-order valence-electron chi connectivity index (χ2n) is 3.17. The Bertz CT molecular complexity index is 216. The molecule has 0 saturated heterocycles. The summed E-state index contributed by atoms with van der Waals surface area (Å²) in [6, 6.07) is 11.0. The number of unbranched alkanes of at least 4 members (excludes halogenated alkanes) is 2. The molecule has 0 saturated carbocycles. The van der Waals surface area contributed by atoms with Crippen molar-refractivity contribution in [3.63, 3.8) is 0 Å². The van der Waals surface area contributed by atoms with E-state index in [1.165, 1.54) is 24.8 Å². The Morgan fingerprint density at radius 3 is 2.73 bits per heavy atom. The van der Waals surface area contributed by atoms with E-state index < -0.39 is 0 Å². The number of rotatable bonds is 6. The van der Waals surface area contributed by atoms with E-state index in [-0.39, 0.29) is 40.0 Å². The van der Waals surface area contributed by atoms with Crippen LogP contribution in [0.15, 0.2) is 24.3 Å². The van der Waals surface area contributed by atoms with Crippen molar-refractivity contribution in [1.82, 2.24) is 0 Å². The fourth-order valence-electron chi connectivity index (χ4n) is 1.16. The van der Waals surface area contributed by atoms with Crippen molar-refractivity contribution in [2.24, 2.45) is 0 Å². The largest absolute Gasteiger partial charge is 2.00 e. The maximum absolute atomic E-state index is 5.50. The Labute approximate surface area is 120 Å². The molecule has 1 nitrogen and oxygen atoms in total. The third kappa shape index (κ3) is 9.36. The molecule has 0 radical (unpaired) electrons. The first kappa shape index (κ1) is 17.8. The molecule has 1 aromatic carbocycles. The van der Waals surface area contributed by atoms with Gasteiger partial charge in [-0.2, -0.15) is 30.3 Å². The molecule has 0 amide bonds. The van der Waals surface area contributed by atoms with Crippen LogP contribution in [0.5, 0.6) is 0 Å². The quantitative estimate of drug-likeness (QED) is 0.399. The second kappa shape index (κ2) is 12.5. The molecule has 0 unspecified atom stereocenters. The molecule has 3 heteroatoms. The van der Waals surface area contributed by atoms with Gasteiger partial charge in [0.05, 0.1) is 0 Å². The van der Waals surface area contributed by atoms with E-state index in [0.29, 0.717) is 0 Å². The number of hydrogen-bond acceptors (Lipinski definition) is 1. The van der Waals surface area contributed by atoms with Gasteiger partial charge in [0.1, 0.15) is 0 Å². The van der Waals surface area contributed by atoms with E-state index in [1.54, 1.807) is 0 Å². The predicted molar refractivity (Wildman–Crippen MR) is 60.2 cm³/mol. The normalized spacial score (nSPS) is 8.87. The molecule has 0 bridgehead atoms. The van der Waals surface area contributed by atoms with Crippen LogP contribution in [0.25, 0.3) is 0 Å². The Hall–Kier alpha value is 0.426. The number of ether oxygens (including phenoxy) is 1. The van der Waals surface area contributed by atoms with Crippen LogP contribution in [0.3, 0.4) is 0 Å². The summed E-state index contributed by atoms with van der Waals surface area (Å²) in [5, 5.41) is 0. The number of benzene rings is 1. The van der Waals surface area contributed by atoms with Gasteiger partial charge in [0.2, 0.25) is 0 Å². The van der Waals surface area contributed by atoms with Crippen LogP contribution in [0.2, 0.25) is 0 Å². The topological polar surface area (TPSA) is 9.23 Å². The molecule has 0 aliphatic heterocycles. The van der Waals surface area contributed by atoms with Crippen LogP contribution < -0.4 is 17.0 Å². The van der Waals surface area contributed by atoms with Crippen molar-refractivity contribution in [1.29, 1.82) is 0 Å². The second-order valence-corrected chi connectivity index (χ2v) is 3.17. The molecule has 0 aliphatic carbocycles. The van der Waals surface area contributed by atoms with Gasteiger partial charge in [-0.05, 0) is 6.42 Å². The fourth-order valence-corrected chi connectivity index (χ4v) is 1.16. The van der Waals surface area contributed by atoms with Gasteiger partial charge in [0.25, 0.3) is 0 Å². The summed E-state index contributed by atoms with van der Waals surface area (Å²) in [7, 11) is 0. The zero-order chi connectivity index (χ0) is 9.36. The first-order valence-electron chi connectivity index (χ1n) is 4.96. The Balaban J connectivity index is 0. The summed E-state index contributed by atoms with van der Waals surface area (Å²) < 4.78 is 5.50. The van der Waals surface area contributed by atoms with Crippen LogP contribution in [-0.2, 0) is 11.3 Å². The molecule has 0 heterocycles. The minimum absolute atomic E-state index is 0. The molecule has 0 atom stereocenters. The van der Waals surface area contributed by atoms with Crippen LogP contribution in [0.1, 0.15) is 31.7 Å². The molecule has 0 aliphatic rings. The van der Waals surface area contributed by atoms with Crippen molar-refractivity contribution >= 4 is 23.1 Å². The standard InChI is InChI=1S/C12H17O.BrH.Mg/c1-2-3-7-10-13-11-12-8-5-4-6-9-12;;/h4-5,8-9H,2-3,7,10-11H2,1H3;1H;/q-1;;+2/p-1. The number of hydrogen-bond donors (Lipinski definition) is 0. The van der Waals surface area contributed by atoms with E-state index in [2.05, 4.69) is 19.1 Å². The maximum Gasteiger partial charge on any atom is 2.00 e. The molecule has 0 fully saturated rings. The molecule has 0 spiro atoms. The zero-order valence-corrected chi connectivity index (χ0v) is 12.3. The average Bonchev–Trinajstić information content (AvgIpc) is 2.19. The average molecular weight is 281 g/mol. The van der Waals surface area contributed by atoms with Crippen molar-refractivity contribution in [2.45, 2.75) is 32.8 Å². The summed E-state index contributed by atoms with van der Waals surface area (Å²) in [6.07, 6.45) is 3.69. The van der Waals surface area contributed by atoms with E-state index in [4.69, 9.17) is 4.74 Å². The molecule has 80 valence electrons. The van der Waals surface area contributed by atoms with Gasteiger partial charge in [-0.15, -0.1) is 5.56 Å². The van der Waals surface area contributed by atoms with Crippen LogP contribution >= 0.6 is 0 Å². The first-order chi connectivity index (χ1) is 6.43. The Morgan fingerprint density at radius 1 is 1.33 bits per heavy atom. The van der Waals surface area contributed by atoms with Crippen molar-refractivity contribution in [2.75, 3.05) is 6.61 Å². The summed E-state index contributed by atoms with van der Waals surface area (Å²) in [5.74, 6) is 0. The van der Waals surface area contributed by atoms with Gasteiger partial charge in [0, 0.05) is 13.2 Å². The van der Waals surface area contributed by atoms with Crippen molar-refractivity contribution in [3.8, 4) is 0 Å². The van der Waals surface area contributed by atoms with Gasteiger partial charge in [0.15, 0.2) is 0 Å². The molecule has 1 aromatic rings. The predicted octanol–water partition coefficient (Wildman–Crippen LogP) is -0.183. The minimum Gasteiger partial charge on any atom is -1.00 e. The van der Waals surface area contributed by atoms with E-state index >= 15 is 0 Å². The van der Waals surface area contributed by atoms with Crippen LogP contribution in [0.4, 0.5) is 0 Å². The van der Waals surface area contributed by atoms with Crippen molar-refractivity contribution in [3.05, 3.63) is 35.9 Å². The third-order valence-corrected chi connectivity index (χ3v) is 1.93. The third-order valence-electron chi connectivity index (χ3n) is 1.93. The van der Waals surface area contributed by atoms with E-state index in [9.17, 15) is 0 Å². The molecule has 15 heavy (non-hydrogen) atoms. The fraction of sp³-hybridized carbons (Fsp3) is 0.500. The van der Waals surface area contributed by atoms with Gasteiger partial charge in [-0.25, -0.2) is 0 Å². The summed E-state index contributed by atoms with van der Waals surface area (Å²) in [5.41, 5.74) is 1.21. The van der Waals surface area contributed by atoms with Crippen LogP contribution in [-0.4, -0.2) is 29.7 Å². The van der Waals surface area contributed by atoms with Crippen molar-refractivity contribution < 1.29 is 21.7 Å². The molecular weight excluding hydrogens is 264 g/mol. The minimum atomic E-state index is 0. The Kier molecular flexibility index (Phi) is 14.8. The Morgan fingerprint density at radius 2 is 2.13 bits per heavy atom. The molecule has 0 N–H and O–H groups in total. The van der Waals surface area contributed by atoms with Gasteiger partial charge in [-0.1, -0.05) is 19.8 Å². The van der Waals surface area contributed by atoms with Crippen LogP contribution in [0, 0.1) is 6.07 Å².